The molecule has 3 aromatic rings. The third kappa shape index (κ3) is 5.97. The van der Waals surface area contributed by atoms with Crippen LogP contribution < -0.4 is 19.5 Å². The second-order valence-corrected chi connectivity index (χ2v) is 9.39. The van der Waals surface area contributed by atoms with Gasteiger partial charge >= 0.3 is 5.97 Å². The summed E-state index contributed by atoms with van der Waals surface area (Å²) in [6.07, 6.45) is 0.800. The van der Waals surface area contributed by atoms with E-state index in [0.717, 1.165) is 23.2 Å². The van der Waals surface area contributed by atoms with Crippen molar-refractivity contribution < 1.29 is 23.7 Å². The van der Waals surface area contributed by atoms with E-state index in [9.17, 15) is 4.79 Å². The van der Waals surface area contributed by atoms with Gasteiger partial charge < -0.3 is 29.2 Å². The van der Waals surface area contributed by atoms with Crippen molar-refractivity contribution in [3.05, 3.63) is 82.4 Å². The number of nitrogens with zero attached hydrogens (tertiary/aromatic N) is 1. The smallest absolute Gasteiger partial charge is 0.337 e. The van der Waals surface area contributed by atoms with Gasteiger partial charge in [0.2, 0.25) is 0 Å². The van der Waals surface area contributed by atoms with Gasteiger partial charge in [-0.3, -0.25) is 0 Å². The topological polar surface area (TPSA) is 69.3 Å². The Morgan fingerprint density at radius 1 is 0.973 bits per heavy atom. The lowest BCUT2D eigenvalue weighted by atomic mass is 9.92. The van der Waals surface area contributed by atoms with Gasteiger partial charge in [0.05, 0.1) is 32.9 Å². The van der Waals surface area contributed by atoms with Crippen LogP contribution in [0.1, 0.15) is 38.7 Å². The molecule has 0 saturated carbocycles. The average molecular weight is 521 g/mol. The highest BCUT2D eigenvalue weighted by atomic mass is 32.1. The van der Waals surface area contributed by atoms with Gasteiger partial charge in [0.1, 0.15) is 12.4 Å². The second kappa shape index (κ2) is 11.5. The molecule has 1 N–H and O–H groups in total. The number of nitrogens with one attached hydrogen (secondary N) is 1. The molecule has 1 aliphatic heterocycles. The molecule has 1 heterocycles. The molecule has 0 bridgehead atoms. The van der Waals surface area contributed by atoms with E-state index >= 15 is 0 Å². The Bertz CT molecular complexity index is 1270. The quantitative estimate of drug-likeness (QED) is 0.324. The lowest BCUT2D eigenvalue weighted by Crippen LogP contribution is -2.44. The summed E-state index contributed by atoms with van der Waals surface area (Å²) in [4.78, 5) is 13.9. The Morgan fingerprint density at radius 3 is 2.24 bits per heavy atom. The first-order valence-electron chi connectivity index (χ1n) is 12.0. The minimum absolute atomic E-state index is 0.172. The molecule has 0 unspecified atom stereocenters. The first-order valence-corrected chi connectivity index (χ1v) is 12.5. The molecule has 0 fully saturated rings. The van der Waals surface area contributed by atoms with Crippen molar-refractivity contribution in [2.75, 3.05) is 39.8 Å². The Morgan fingerprint density at radius 2 is 1.62 bits per heavy atom. The molecule has 194 valence electrons. The SMILES string of the molecule is COC(=O)c1ccc(OC[C@@H]2c3cc(OC)c(OC)cc3CCN2C(=S)Nc2cc(C)cc(C)c2)cc1. The van der Waals surface area contributed by atoms with Gasteiger partial charge in [-0.2, -0.15) is 0 Å². The third-order valence-corrected chi connectivity index (χ3v) is 6.76. The maximum atomic E-state index is 11.8. The predicted octanol–water partition coefficient (Wildman–Crippen LogP) is 5.48. The van der Waals surface area contributed by atoms with Gasteiger partial charge in [-0.05, 0) is 103 Å². The van der Waals surface area contributed by atoms with E-state index in [0.29, 0.717) is 41.1 Å². The van der Waals surface area contributed by atoms with Crippen molar-refractivity contribution >= 4 is 29.0 Å². The predicted molar refractivity (Wildman–Crippen MR) is 148 cm³/mol. The maximum Gasteiger partial charge on any atom is 0.337 e. The molecule has 0 spiro atoms. The van der Waals surface area contributed by atoms with Crippen molar-refractivity contribution in [1.29, 1.82) is 0 Å². The molecule has 3 aromatic carbocycles. The van der Waals surface area contributed by atoms with Crippen LogP contribution in [0.2, 0.25) is 0 Å². The van der Waals surface area contributed by atoms with E-state index in [-0.39, 0.29) is 12.0 Å². The van der Waals surface area contributed by atoms with Crippen LogP contribution in [0.15, 0.2) is 54.6 Å². The minimum atomic E-state index is -0.386. The number of carbonyl (C=O) groups is 1. The van der Waals surface area contributed by atoms with Crippen molar-refractivity contribution in [3.63, 3.8) is 0 Å². The number of methoxy groups -OCH3 is 3. The molecule has 0 amide bonds. The Labute approximate surface area is 223 Å². The molecule has 0 saturated heterocycles. The van der Waals surface area contributed by atoms with Crippen molar-refractivity contribution in [2.24, 2.45) is 0 Å². The number of hydrogen-bond acceptors (Lipinski definition) is 6. The van der Waals surface area contributed by atoms with Crippen molar-refractivity contribution in [3.8, 4) is 17.2 Å². The fourth-order valence-corrected chi connectivity index (χ4v) is 5.01. The summed E-state index contributed by atoms with van der Waals surface area (Å²) in [6.45, 7) is 5.20. The summed E-state index contributed by atoms with van der Waals surface area (Å²) >= 11 is 5.90. The number of carbonyl (C=O) groups excluding carboxylic acids is 1. The molecule has 0 aliphatic carbocycles. The van der Waals surface area contributed by atoms with E-state index in [1.54, 1.807) is 38.5 Å². The largest absolute Gasteiger partial charge is 0.493 e. The minimum Gasteiger partial charge on any atom is -0.493 e. The van der Waals surface area contributed by atoms with Gasteiger partial charge in [0, 0.05) is 12.2 Å². The zero-order chi connectivity index (χ0) is 26.5. The van der Waals surface area contributed by atoms with Gasteiger partial charge in [0.15, 0.2) is 16.6 Å². The summed E-state index contributed by atoms with van der Waals surface area (Å²) < 4.78 is 22.1. The van der Waals surface area contributed by atoms with Crippen LogP contribution in [-0.2, 0) is 11.2 Å². The number of ether oxygens (including phenoxy) is 4. The summed E-state index contributed by atoms with van der Waals surface area (Å²) in [5.74, 6) is 1.61. The number of anilines is 1. The number of esters is 1. The van der Waals surface area contributed by atoms with Crippen LogP contribution in [-0.4, -0.2) is 50.5 Å². The van der Waals surface area contributed by atoms with Gasteiger partial charge in [-0.15, -0.1) is 0 Å². The molecular formula is C29H32N2O5S. The zero-order valence-electron chi connectivity index (χ0n) is 21.8. The van der Waals surface area contributed by atoms with Crippen LogP contribution in [0.25, 0.3) is 0 Å². The summed E-state index contributed by atoms with van der Waals surface area (Å²) in [5.41, 5.74) is 5.99. The van der Waals surface area contributed by atoms with Crippen molar-refractivity contribution in [2.45, 2.75) is 26.3 Å². The maximum absolute atomic E-state index is 11.8. The summed E-state index contributed by atoms with van der Waals surface area (Å²) in [5, 5.41) is 4.05. The molecule has 0 aromatic heterocycles. The van der Waals surface area contributed by atoms with Crippen LogP contribution in [0.4, 0.5) is 5.69 Å². The monoisotopic (exact) mass is 520 g/mol. The van der Waals surface area contributed by atoms with E-state index in [2.05, 4.69) is 42.3 Å². The van der Waals surface area contributed by atoms with Crippen LogP contribution in [0.3, 0.4) is 0 Å². The van der Waals surface area contributed by atoms with Gasteiger partial charge in [0.25, 0.3) is 0 Å². The second-order valence-electron chi connectivity index (χ2n) is 9.00. The van der Waals surface area contributed by atoms with Crippen LogP contribution >= 0.6 is 12.2 Å². The highest BCUT2D eigenvalue weighted by molar-refractivity contribution is 7.80. The Kier molecular flexibility index (Phi) is 8.18. The average Bonchev–Trinajstić information content (AvgIpc) is 2.89. The normalized spacial score (nSPS) is 14.4. The Balaban J connectivity index is 1.63. The third-order valence-electron chi connectivity index (χ3n) is 6.42. The Hall–Kier alpha value is -3.78. The van der Waals surface area contributed by atoms with E-state index < -0.39 is 0 Å². The van der Waals surface area contributed by atoms with E-state index in [4.69, 9.17) is 31.2 Å². The highest BCUT2D eigenvalue weighted by Crippen LogP contribution is 2.38. The lowest BCUT2D eigenvalue weighted by Gasteiger charge is -2.39. The first kappa shape index (κ1) is 26.3. The lowest BCUT2D eigenvalue weighted by molar-refractivity contribution is 0.0600. The molecule has 37 heavy (non-hydrogen) atoms. The van der Waals surface area contributed by atoms with Crippen LogP contribution in [0, 0.1) is 13.8 Å². The number of hydrogen-bond donors (Lipinski definition) is 1. The summed E-state index contributed by atoms with van der Waals surface area (Å²) in [6, 6.07) is 17.1. The summed E-state index contributed by atoms with van der Waals surface area (Å²) in [7, 11) is 4.63. The van der Waals surface area contributed by atoms with Crippen LogP contribution in [0.5, 0.6) is 17.2 Å². The fraction of sp³-hybridized carbons (Fsp3) is 0.310. The fourth-order valence-electron chi connectivity index (χ4n) is 4.67. The van der Waals surface area contributed by atoms with Crippen molar-refractivity contribution in [1.82, 2.24) is 4.90 Å². The number of aryl methyl sites for hydroxylation is 2. The molecule has 0 radical (unpaired) electrons. The van der Waals surface area contributed by atoms with Gasteiger partial charge in [-0.1, -0.05) is 6.07 Å². The van der Waals surface area contributed by atoms with Gasteiger partial charge in [-0.25, -0.2) is 4.79 Å². The van der Waals surface area contributed by atoms with E-state index in [1.165, 1.54) is 18.2 Å². The molecular weight excluding hydrogens is 488 g/mol. The van der Waals surface area contributed by atoms with E-state index in [1.807, 2.05) is 12.1 Å². The number of fused-ring (bicyclic) bond motifs is 1. The number of rotatable bonds is 7. The standard InChI is InChI=1S/C29H32N2O5S/c1-18-12-19(2)14-22(13-18)30-29(37)31-11-10-21-15-26(33-3)27(34-4)16-24(21)25(31)17-36-23-8-6-20(7-9-23)28(32)35-5/h6-9,12-16,25H,10-11,17H2,1-5H3,(H,30,37)/t25-/m1/s1. The first-order chi connectivity index (χ1) is 17.8. The molecule has 8 heteroatoms. The highest BCUT2D eigenvalue weighted by Gasteiger charge is 2.31. The molecule has 7 nitrogen and oxygen atoms in total. The molecule has 4 rings (SSSR count). The number of thiocarbonyl (C=S) groups is 1. The number of benzene rings is 3. The molecule has 1 atom stereocenters. The zero-order valence-corrected chi connectivity index (χ0v) is 22.6. The molecule has 1 aliphatic rings.